The molecule has 0 saturated carbocycles. The zero-order valence-corrected chi connectivity index (χ0v) is 14.7. The predicted molar refractivity (Wildman–Crippen MR) is 99.2 cm³/mol. The summed E-state index contributed by atoms with van der Waals surface area (Å²) in [5, 5.41) is 14.2. The fourth-order valence-electron chi connectivity index (χ4n) is 2.16. The van der Waals surface area contributed by atoms with Gasteiger partial charge in [-0.25, -0.2) is 9.78 Å². The molecule has 1 atom stereocenters. The first-order chi connectivity index (χ1) is 12.5. The molecule has 6 nitrogen and oxygen atoms in total. The molecule has 0 unspecified atom stereocenters. The molecule has 1 aromatic heterocycles. The number of phenolic OH excluding ortho intramolecular Hbond substituents is 1. The number of hydrogen-bond donors (Lipinski definition) is 2. The van der Waals surface area contributed by atoms with Gasteiger partial charge in [0.15, 0.2) is 11.2 Å². The number of carbonyl (C=O) groups excluding carboxylic acids is 2. The third-order valence-corrected chi connectivity index (χ3v) is 4.32. The summed E-state index contributed by atoms with van der Waals surface area (Å²) in [7, 11) is 0. The number of esters is 1. The highest BCUT2D eigenvalue weighted by molar-refractivity contribution is 7.14. The van der Waals surface area contributed by atoms with Gasteiger partial charge >= 0.3 is 5.97 Å². The van der Waals surface area contributed by atoms with Crippen LogP contribution in [-0.4, -0.2) is 28.1 Å². The minimum Gasteiger partial charge on any atom is -0.508 e. The van der Waals surface area contributed by atoms with E-state index in [1.807, 2.05) is 35.7 Å². The van der Waals surface area contributed by atoms with Gasteiger partial charge in [0.1, 0.15) is 5.75 Å². The van der Waals surface area contributed by atoms with Crippen molar-refractivity contribution in [3.8, 4) is 17.0 Å². The molecule has 0 saturated heterocycles. The maximum Gasteiger partial charge on any atom is 0.338 e. The number of aromatic hydroxyl groups is 1. The van der Waals surface area contributed by atoms with Crippen LogP contribution in [0.5, 0.6) is 5.75 Å². The number of aromatic nitrogens is 1. The van der Waals surface area contributed by atoms with Crippen LogP contribution in [0.4, 0.5) is 5.13 Å². The van der Waals surface area contributed by atoms with Crippen molar-refractivity contribution in [2.75, 3.05) is 5.32 Å². The van der Waals surface area contributed by atoms with Crippen LogP contribution in [0.2, 0.25) is 0 Å². The Hall–Kier alpha value is -3.19. The Morgan fingerprint density at radius 2 is 1.81 bits per heavy atom. The zero-order valence-electron chi connectivity index (χ0n) is 13.9. The zero-order chi connectivity index (χ0) is 18.5. The maximum atomic E-state index is 12.2. The third kappa shape index (κ3) is 4.25. The van der Waals surface area contributed by atoms with E-state index in [1.54, 1.807) is 0 Å². The minimum atomic E-state index is -0.986. The molecule has 0 bridgehead atoms. The van der Waals surface area contributed by atoms with Crippen LogP contribution in [0.25, 0.3) is 11.3 Å². The van der Waals surface area contributed by atoms with Crippen LogP contribution in [0.3, 0.4) is 0 Å². The molecule has 0 spiro atoms. The van der Waals surface area contributed by atoms with Gasteiger partial charge in [0.25, 0.3) is 5.91 Å². The molecule has 0 aliphatic heterocycles. The summed E-state index contributed by atoms with van der Waals surface area (Å²) in [4.78, 5) is 28.6. The van der Waals surface area contributed by atoms with Crippen molar-refractivity contribution in [2.45, 2.75) is 13.0 Å². The number of hydrogen-bond acceptors (Lipinski definition) is 6. The lowest BCUT2D eigenvalue weighted by Gasteiger charge is -2.12. The molecule has 0 aliphatic rings. The van der Waals surface area contributed by atoms with E-state index in [0.29, 0.717) is 5.13 Å². The monoisotopic (exact) mass is 368 g/mol. The van der Waals surface area contributed by atoms with E-state index in [0.717, 1.165) is 11.3 Å². The van der Waals surface area contributed by atoms with E-state index in [4.69, 9.17) is 4.74 Å². The van der Waals surface area contributed by atoms with E-state index in [-0.39, 0.29) is 11.3 Å². The summed E-state index contributed by atoms with van der Waals surface area (Å²) < 4.78 is 5.15. The Morgan fingerprint density at radius 1 is 1.12 bits per heavy atom. The second kappa shape index (κ2) is 7.79. The van der Waals surface area contributed by atoms with Crippen molar-refractivity contribution < 1.29 is 19.4 Å². The summed E-state index contributed by atoms with van der Waals surface area (Å²) in [5.74, 6) is -1.06. The minimum absolute atomic E-state index is 0.0466. The number of phenols is 1. The van der Waals surface area contributed by atoms with Gasteiger partial charge in [-0.05, 0) is 31.2 Å². The Bertz CT molecular complexity index is 907. The smallest absolute Gasteiger partial charge is 0.338 e. The fourth-order valence-corrected chi connectivity index (χ4v) is 2.88. The first-order valence-electron chi connectivity index (χ1n) is 7.85. The number of nitrogens with zero attached hydrogens (tertiary/aromatic N) is 1. The van der Waals surface area contributed by atoms with Crippen molar-refractivity contribution in [2.24, 2.45) is 0 Å². The van der Waals surface area contributed by atoms with Crippen LogP contribution in [-0.2, 0) is 9.53 Å². The van der Waals surface area contributed by atoms with E-state index in [1.165, 1.54) is 42.5 Å². The molecular formula is C19H16N2O4S. The third-order valence-electron chi connectivity index (χ3n) is 3.56. The second-order valence-electron chi connectivity index (χ2n) is 5.49. The molecule has 132 valence electrons. The number of amides is 1. The van der Waals surface area contributed by atoms with Crippen molar-refractivity contribution in [3.63, 3.8) is 0 Å². The van der Waals surface area contributed by atoms with Gasteiger partial charge in [0.05, 0.1) is 11.3 Å². The summed E-state index contributed by atoms with van der Waals surface area (Å²) >= 11 is 1.30. The highest BCUT2D eigenvalue weighted by Gasteiger charge is 2.20. The van der Waals surface area contributed by atoms with Gasteiger partial charge in [-0.2, -0.15) is 0 Å². The summed E-state index contributed by atoms with van der Waals surface area (Å²) in [6.45, 7) is 1.49. The Morgan fingerprint density at radius 3 is 2.50 bits per heavy atom. The number of ether oxygens (including phenoxy) is 1. The fraction of sp³-hybridized carbons (Fsp3) is 0.105. The molecule has 0 fully saturated rings. The molecular weight excluding hydrogens is 352 g/mol. The van der Waals surface area contributed by atoms with Crippen LogP contribution in [0.1, 0.15) is 17.3 Å². The van der Waals surface area contributed by atoms with Crippen LogP contribution < -0.4 is 5.32 Å². The largest absolute Gasteiger partial charge is 0.508 e. The number of nitrogens with one attached hydrogen (secondary N) is 1. The molecule has 3 aromatic rings. The predicted octanol–water partition coefficient (Wildman–Crippen LogP) is 3.70. The number of anilines is 1. The second-order valence-corrected chi connectivity index (χ2v) is 6.35. The average molecular weight is 368 g/mol. The Balaban J connectivity index is 1.60. The molecule has 26 heavy (non-hydrogen) atoms. The van der Waals surface area contributed by atoms with Crippen molar-refractivity contribution in [3.05, 3.63) is 65.5 Å². The standard InChI is InChI=1S/C19H16N2O4S/c1-12(25-18(24)14-7-9-15(22)10-8-14)17(23)21-19-20-16(11-26-19)13-5-3-2-4-6-13/h2-12,22H,1H3,(H,20,21,23)/t12-/m1/s1. The van der Waals surface area contributed by atoms with Crippen molar-refractivity contribution in [1.29, 1.82) is 0 Å². The van der Waals surface area contributed by atoms with Crippen LogP contribution in [0.15, 0.2) is 60.0 Å². The summed E-state index contributed by atoms with van der Waals surface area (Å²) in [5.41, 5.74) is 1.97. The topological polar surface area (TPSA) is 88.5 Å². The molecule has 0 radical (unpaired) electrons. The molecule has 2 N–H and O–H groups in total. The normalized spacial score (nSPS) is 11.6. The lowest BCUT2D eigenvalue weighted by Crippen LogP contribution is -2.29. The highest BCUT2D eigenvalue weighted by atomic mass is 32.1. The van der Waals surface area contributed by atoms with Gasteiger partial charge in [0, 0.05) is 10.9 Å². The number of benzene rings is 2. The number of carbonyl (C=O) groups is 2. The van der Waals surface area contributed by atoms with E-state index in [2.05, 4.69) is 10.3 Å². The van der Waals surface area contributed by atoms with Gasteiger partial charge < -0.3 is 9.84 Å². The van der Waals surface area contributed by atoms with E-state index < -0.39 is 18.0 Å². The molecule has 3 rings (SSSR count). The first kappa shape index (κ1) is 17.6. The molecule has 1 amide bonds. The van der Waals surface area contributed by atoms with Gasteiger partial charge in [0.2, 0.25) is 0 Å². The van der Waals surface area contributed by atoms with E-state index in [9.17, 15) is 14.7 Å². The van der Waals surface area contributed by atoms with Gasteiger partial charge in [-0.1, -0.05) is 30.3 Å². The lowest BCUT2D eigenvalue weighted by atomic mass is 10.2. The molecule has 0 aliphatic carbocycles. The number of rotatable bonds is 5. The van der Waals surface area contributed by atoms with Gasteiger partial charge in [-0.3, -0.25) is 10.1 Å². The van der Waals surface area contributed by atoms with Gasteiger partial charge in [-0.15, -0.1) is 11.3 Å². The lowest BCUT2D eigenvalue weighted by molar-refractivity contribution is -0.123. The van der Waals surface area contributed by atoms with Crippen LogP contribution >= 0.6 is 11.3 Å². The molecule has 1 heterocycles. The maximum absolute atomic E-state index is 12.2. The summed E-state index contributed by atoms with van der Waals surface area (Å²) in [6.07, 6.45) is -0.986. The average Bonchev–Trinajstić information content (AvgIpc) is 3.11. The van der Waals surface area contributed by atoms with E-state index >= 15 is 0 Å². The summed E-state index contributed by atoms with van der Waals surface area (Å²) in [6, 6.07) is 15.2. The Kier molecular flexibility index (Phi) is 5.28. The highest BCUT2D eigenvalue weighted by Crippen LogP contribution is 2.24. The van der Waals surface area contributed by atoms with Crippen LogP contribution in [0, 0.1) is 0 Å². The number of thiazole rings is 1. The molecule has 7 heteroatoms. The first-order valence-corrected chi connectivity index (χ1v) is 8.73. The van der Waals surface area contributed by atoms with Crippen molar-refractivity contribution >= 4 is 28.3 Å². The SMILES string of the molecule is C[C@@H](OC(=O)c1ccc(O)cc1)C(=O)Nc1nc(-c2ccccc2)cs1. The molecule has 2 aromatic carbocycles. The quantitative estimate of drug-likeness (QED) is 0.671. The Labute approximate surface area is 154 Å². The van der Waals surface area contributed by atoms with Crippen molar-refractivity contribution in [1.82, 2.24) is 4.98 Å².